The van der Waals surface area contributed by atoms with E-state index in [0.717, 1.165) is 0 Å². The van der Waals surface area contributed by atoms with Gasteiger partial charge in [0.15, 0.2) is 11.6 Å². The van der Waals surface area contributed by atoms with E-state index in [-0.39, 0.29) is 11.9 Å². The van der Waals surface area contributed by atoms with Crippen LogP contribution in [0, 0.1) is 5.92 Å². The number of carbonyl (C=O) groups excluding carboxylic acids is 1. The molecule has 2 heterocycles. The highest BCUT2D eigenvalue weighted by Crippen LogP contribution is 2.17. The number of aliphatic hydroxyl groups is 1. The molecule has 0 bridgehead atoms. The Hall–Kier alpha value is -2.12. The van der Waals surface area contributed by atoms with Crippen LogP contribution in [0.2, 0.25) is 5.02 Å². The number of carbonyl (C=O) groups is 1. The number of rotatable bonds is 6. The van der Waals surface area contributed by atoms with Crippen molar-refractivity contribution < 1.29 is 9.90 Å². The van der Waals surface area contributed by atoms with Gasteiger partial charge in [0.25, 0.3) is 0 Å². The van der Waals surface area contributed by atoms with Crippen molar-refractivity contribution in [1.82, 2.24) is 20.1 Å². The first-order chi connectivity index (χ1) is 11.0. The third-order valence-electron chi connectivity index (χ3n) is 3.28. The molecule has 2 rings (SSSR count). The highest BCUT2D eigenvalue weighted by atomic mass is 35.5. The van der Waals surface area contributed by atoms with Gasteiger partial charge in [-0.15, -0.1) is 5.10 Å². The summed E-state index contributed by atoms with van der Waals surface area (Å²) >= 11 is 6.05. The molecule has 0 saturated heterocycles. The van der Waals surface area contributed by atoms with Gasteiger partial charge in [-0.2, -0.15) is 0 Å². The fraction of sp³-hybridized carbons (Fsp3) is 0.400. The summed E-state index contributed by atoms with van der Waals surface area (Å²) in [5.41, 5.74) is 0. The zero-order valence-corrected chi connectivity index (χ0v) is 13.8. The van der Waals surface area contributed by atoms with Crippen molar-refractivity contribution in [2.75, 3.05) is 11.9 Å². The van der Waals surface area contributed by atoms with E-state index in [9.17, 15) is 9.90 Å². The second-order valence-corrected chi connectivity index (χ2v) is 5.84. The van der Waals surface area contributed by atoms with Crippen LogP contribution in [0.25, 0.3) is 5.82 Å². The Labute approximate surface area is 139 Å². The standard InChI is InChI=1S/C15H20ClN5O2/c1-10(2)12(22)5-8-18-15(23)19-13-6-9-21(20-13)14-11(16)4-3-7-17-14/h3-4,6-7,9-10,12,22H,5,8H2,1-2H3,(H2,18,19,20,23). The van der Waals surface area contributed by atoms with Crippen LogP contribution < -0.4 is 10.6 Å². The monoisotopic (exact) mass is 337 g/mol. The molecule has 2 aromatic heterocycles. The maximum Gasteiger partial charge on any atom is 0.320 e. The Morgan fingerprint density at radius 3 is 2.91 bits per heavy atom. The van der Waals surface area contributed by atoms with Gasteiger partial charge in [-0.3, -0.25) is 5.32 Å². The van der Waals surface area contributed by atoms with Crippen molar-refractivity contribution in [2.45, 2.75) is 26.4 Å². The molecule has 3 N–H and O–H groups in total. The van der Waals surface area contributed by atoms with E-state index in [2.05, 4.69) is 20.7 Å². The molecular weight excluding hydrogens is 318 g/mol. The number of hydrogen-bond acceptors (Lipinski definition) is 4. The molecule has 1 unspecified atom stereocenters. The summed E-state index contributed by atoms with van der Waals surface area (Å²) in [6.07, 6.45) is 3.35. The number of nitrogens with zero attached hydrogens (tertiary/aromatic N) is 3. The summed E-state index contributed by atoms with van der Waals surface area (Å²) in [7, 11) is 0. The van der Waals surface area contributed by atoms with Crippen LogP contribution in [0.4, 0.5) is 10.6 Å². The predicted octanol–water partition coefficient (Wildman–Crippen LogP) is 2.45. The highest BCUT2D eigenvalue weighted by molar-refractivity contribution is 6.32. The fourth-order valence-corrected chi connectivity index (χ4v) is 2.09. The molecule has 0 spiro atoms. The Morgan fingerprint density at radius 2 is 2.22 bits per heavy atom. The van der Waals surface area contributed by atoms with Gasteiger partial charge in [-0.1, -0.05) is 25.4 Å². The minimum atomic E-state index is -0.430. The van der Waals surface area contributed by atoms with E-state index >= 15 is 0 Å². The molecule has 0 radical (unpaired) electrons. The predicted molar refractivity (Wildman–Crippen MR) is 88.9 cm³/mol. The number of urea groups is 1. The van der Waals surface area contributed by atoms with Crippen LogP contribution >= 0.6 is 11.6 Å². The van der Waals surface area contributed by atoms with Crippen LogP contribution in [0.5, 0.6) is 0 Å². The minimum absolute atomic E-state index is 0.165. The molecule has 0 aromatic carbocycles. The second-order valence-electron chi connectivity index (χ2n) is 5.44. The van der Waals surface area contributed by atoms with Gasteiger partial charge in [0.1, 0.15) is 0 Å². The molecule has 1 atom stereocenters. The van der Waals surface area contributed by atoms with Crippen LogP contribution in [-0.4, -0.2) is 38.6 Å². The van der Waals surface area contributed by atoms with Crippen LogP contribution in [-0.2, 0) is 0 Å². The summed E-state index contributed by atoms with van der Waals surface area (Å²) in [6.45, 7) is 4.25. The second kappa shape index (κ2) is 7.94. The van der Waals surface area contributed by atoms with E-state index in [1.54, 1.807) is 30.6 Å². The number of hydrogen-bond donors (Lipinski definition) is 3. The van der Waals surface area contributed by atoms with Crippen molar-refractivity contribution >= 4 is 23.4 Å². The maximum atomic E-state index is 11.8. The van der Waals surface area contributed by atoms with E-state index in [0.29, 0.717) is 29.6 Å². The molecule has 2 amide bonds. The topological polar surface area (TPSA) is 92.1 Å². The molecule has 0 aliphatic heterocycles. The van der Waals surface area contributed by atoms with Gasteiger partial charge in [-0.05, 0) is 24.5 Å². The molecule has 0 saturated carbocycles. The molecular formula is C15H20ClN5O2. The Morgan fingerprint density at radius 1 is 1.43 bits per heavy atom. The van der Waals surface area contributed by atoms with Gasteiger partial charge >= 0.3 is 6.03 Å². The molecule has 0 fully saturated rings. The summed E-state index contributed by atoms with van der Waals surface area (Å²) in [5, 5.41) is 19.6. The molecule has 0 aliphatic rings. The summed E-state index contributed by atoms with van der Waals surface area (Å²) < 4.78 is 1.49. The molecule has 0 aliphatic carbocycles. The SMILES string of the molecule is CC(C)C(O)CCNC(=O)Nc1ccn(-c2ncccc2Cl)n1. The van der Waals surface area contributed by atoms with E-state index in [1.165, 1.54) is 4.68 Å². The average molecular weight is 338 g/mol. The molecule has 23 heavy (non-hydrogen) atoms. The Bertz CT molecular complexity index is 659. The van der Waals surface area contributed by atoms with Crippen molar-refractivity contribution in [3.63, 3.8) is 0 Å². The van der Waals surface area contributed by atoms with Crippen molar-refractivity contribution in [1.29, 1.82) is 0 Å². The van der Waals surface area contributed by atoms with E-state index in [4.69, 9.17) is 11.6 Å². The van der Waals surface area contributed by atoms with E-state index in [1.807, 2.05) is 13.8 Å². The minimum Gasteiger partial charge on any atom is -0.393 e. The fourth-order valence-electron chi connectivity index (χ4n) is 1.88. The largest absolute Gasteiger partial charge is 0.393 e. The Kier molecular flexibility index (Phi) is 5.95. The van der Waals surface area contributed by atoms with Crippen LogP contribution in [0.1, 0.15) is 20.3 Å². The third-order valence-corrected chi connectivity index (χ3v) is 3.58. The van der Waals surface area contributed by atoms with Gasteiger partial charge in [0.05, 0.1) is 11.1 Å². The molecule has 124 valence electrons. The van der Waals surface area contributed by atoms with Gasteiger partial charge in [0, 0.05) is 25.0 Å². The summed E-state index contributed by atoms with van der Waals surface area (Å²) in [6, 6.07) is 4.71. The lowest BCUT2D eigenvalue weighted by Crippen LogP contribution is -2.32. The first kappa shape index (κ1) is 17.2. The van der Waals surface area contributed by atoms with Crippen LogP contribution in [0.15, 0.2) is 30.6 Å². The quantitative estimate of drug-likeness (QED) is 0.755. The maximum absolute atomic E-state index is 11.8. The highest BCUT2D eigenvalue weighted by Gasteiger charge is 2.11. The summed E-state index contributed by atoms with van der Waals surface area (Å²) in [4.78, 5) is 15.9. The van der Waals surface area contributed by atoms with Gasteiger partial charge in [0.2, 0.25) is 0 Å². The number of halogens is 1. The molecule has 8 heteroatoms. The van der Waals surface area contributed by atoms with Crippen LogP contribution in [0.3, 0.4) is 0 Å². The molecule has 2 aromatic rings. The van der Waals surface area contributed by atoms with Gasteiger partial charge in [-0.25, -0.2) is 14.5 Å². The molecule has 7 nitrogen and oxygen atoms in total. The Balaban J connectivity index is 1.87. The van der Waals surface area contributed by atoms with Crippen molar-refractivity contribution in [2.24, 2.45) is 5.92 Å². The van der Waals surface area contributed by atoms with E-state index < -0.39 is 6.10 Å². The first-order valence-corrected chi connectivity index (χ1v) is 7.74. The number of pyridine rings is 1. The normalized spacial score (nSPS) is 12.2. The average Bonchev–Trinajstić information content (AvgIpc) is 2.95. The lowest BCUT2D eigenvalue weighted by Gasteiger charge is -2.14. The van der Waals surface area contributed by atoms with Gasteiger partial charge < -0.3 is 10.4 Å². The van der Waals surface area contributed by atoms with Crippen molar-refractivity contribution in [3.8, 4) is 5.82 Å². The third kappa shape index (κ3) is 4.94. The zero-order valence-electron chi connectivity index (χ0n) is 13.0. The zero-order chi connectivity index (χ0) is 16.8. The number of amides is 2. The lowest BCUT2D eigenvalue weighted by atomic mass is 10.0. The number of aromatic nitrogens is 3. The number of nitrogens with one attached hydrogen (secondary N) is 2. The summed E-state index contributed by atoms with van der Waals surface area (Å²) in [5.74, 6) is 1.04. The smallest absolute Gasteiger partial charge is 0.320 e. The number of anilines is 1. The lowest BCUT2D eigenvalue weighted by molar-refractivity contribution is 0.117. The van der Waals surface area contributed by atoms with Crippen molar-refractivity contribution in [3.05, 3.63) is 35.6 Å². The first-order valence-electron chi connectivity index (χ1n) is 7.37. The number of aliphatic hydroxyl groups excluding tert-OH is 1.